The molecule has 0 radical (unpaired) electrons. The number of imide groups is 1. The predicted octanol–water partition coefficient (Wildman–Crippen LogP) is 5.04. The Balaban J connectivity index is 3.26. The summed E-state index contributed by atoms with van der Waals surface area (Å²) in [5, 5.41) is 0. The maximum absolute atomic E-state index is 13.8. The standard InChI is InChI=1S/C27H41NO6/c1-8-12-22(25(30)34-27(4,5)6)23(19-20(2)3)24(29)28(26(31)33-18-17-32-7)16-15-21-13-10-9-11-14-21/h8-11,13-14,20,22-23H,1,12,15-19H2,2-7H3/t22-,23+/m0/s1. The number of amides is 2. The molecule has 0 unspecified atom stereocenters. The number of carbonyl (C=O) groups excluding carboxylic acids is 3. The molecular formula is C27H41NO6. The van der Waals surface area contributed by atoms with E-state index in [-0.39, 0.29) is 32.1 Å². The van der Waals surface area contributed by atoms with Gasteiger partial charge >= 0.3 is 12.1 Å². The monoisotopic (exact) mass is 475 g/mol. The molecular weight excluding hydrogens is 434 g/mol. The number of nitrogens with zero attached hydrogens (tertiary/aromatic N) is 1. The van der Waals surface area contributed by atoms with Crippen molar-refractivity contribution in [3.8, 4) is 0 Å². The van der Waals surface area contributed by atoms with E-state index in [0.717, 1.165) is 10.5 Å². The quantitative estimate of drug-likeness (QED) is 0.226. The van der Waals surface area contributed by atoms with E-state index in [9.17, 15) is 14.4 Å². The van der Waals surface area contributed by atoms with Gasteiger partial charge in [0, 0.05) is 13.7 Å². The maximum atomic E-state index is 13.8. The fourth-order valence-electron chi connectivity index (χ4n) is 3.59. The molecule has 0 saturated heterocycles. The molecule has 2 amide bonds. The molecule has 0 spiro atoms. The number of rotatable bonds is 13. The highest BCUT2D eigenvalue weighted by atomic mass is 16.6. The molecule has 0 aliphatic rings. The van der Waals surface area contributed by atoms with Crippen molar-refractivity contribution in [2.24, 2.45) is 17.8 Å². The molecule has 0 aliphatic heterocycles. The molecule has 1 aromatic carbocycles. The first-order valence-electron chi connectivity index (χ1n) is 11.8. The van der Waals surface area contributed by atoms with Crippen molar-refractivity contribution in [2.45, 2.75) is 59.5 Å². The van der Waals surface area contributed by atoms with E-state index >= 15 is 0 Å². The molecule has 0 aliphatic carbocycles. The third-order valence-corrected chi connectivity index (χ3v) is 5.12. The lowest BCUT2D eigenvalue weighted by Crippen LogP contribution is -2.47. The molecule has 0 fully saturated rings. The zero-order valence-corrected chi connectivity index (χ0v) is 21.5. The van der Waals surface area contributed by atoms with Gasteiger partial charge in [0.05, 0.1) is 18.4 Å². The Bertz CT molecular complexity index is 784. The molecule has 0 saturated carbocycles. The third-order valence-electron chi connectivity index (χ3n) is 5.12. The zero-order chi connectivity index (χ0) is 25.7. The smallest absolute Gasteiger partial charge is 0.416 e. The van der Waals surface area contributed by atoms with Crippen LogP contribution in [0.2, 0.25) is 0 Å². The average Bonchev–Trinajstić information content (AvgIpc) is 2.75. The predicted molar refractivity (Wildman–Crippen MR) is 132 cm³/mol. The van der Waals surface area contributed by atoms with Gasteiger partial charge in [-0.05, 0) is 51.5 Å². The minimum absolute atomic E-state index is 0.0292. The van der Waals surface area contributed by atoms with Crippen molar-refractivity contribution < 1.29 is 28.6 Å². The molecule has 34 heavy (non-hydrogen) atoms. The number of benzene rings is 1. The molecule has 0 N–H and O–H groups in total. The van der Waals surface area contributed by atoms with Crippen LogP contribution >= 0.6 is 0 Å². The van der Waals surface area contributed by atoms with E-state index in [4.69, 9.17) is 14.2 Å². The molecule has 7 heteroatoms. The van der Waals surface area contributed by atoms with Crippen LogP contribution in [0.25, 0.3) is 0 Å². The summed E-state index contributed by atoms with van der Waals surface area (Å²) in [6, 6.07) is 9.59. The van der Waals surface area contributed by atoms with Crippen LogP contribution in [0.15, 0.2) is 43.0 Å². The summed E-state index contributed by atoms with van der Waals surface area (Å²) in [4.78, 5) is 41.0. The molecule has 190 valence electrons. The zero-order valence-electron chi connectivity index (χ0n) is 21.5. The van der Waals surface area contributed by atoms with Gasteiger partial charge in [-0.25, -0.2) is 9.69 Å². The Labute approximate surface area is 204 Å². The first-order chi connectivity index (χ1) is 16.0. The second kappa shape index (κ2) is 14.6. The van der Waals surface area contributed by atoms with Crippen LogP contribution in [0.1, 0.15) is 53.0 Å². The molecule has 1 rings (SSSR count). The van der Waals surface area contributed by atoms with Gasteiger partial charge in [-0.1, -0.05) is 50.3 Å². The molecule has 2 atom stereocenters. The van der Waals surface area contributed by atoms with Crippen LogP contribution in [-0.2, 0) is 30.2 Å². The summed E-state index contributed by atoms with van der Waals surface area (Å²) >= 11 is 0. The van der Waals surface area contributed by atoms with E-state index in [1.54, 1.807) is 26.8 Å². The fourth-order valence-corrected chi connectivity index (χ4v) is 3.59. The van der Waals surface area contributed by atoms with Crippen molar-refractivity contribution >= 4 is 18.0 Å². The van der Waals surface area contributed by atoms with Gasteiger partial charge in [0.25, 0.3) is 0 Å². The molecule has 0 heterocycles. The molecule has 1 aromatic rings. The lowest BCUT2D eigenvalue weighted by molar-refractivity contribution is -0.165. The summed E-state index contributed by atoms with van der Waals surface area (Å²) in [5.74, 6) is -2.30. The van der Waals surface area contributed by atoms with Crippen LogP contribution < -0.4 is 0 Å². The van der Waals surface area contributed by atoms with E-state index in [2.05, 4.69) is 6.58 Å². The second-order valence-electron chi connectivity index (χ2n) is 9.73. The number of allylic oxidation sites excluding steroid dienone is 1. The van der Waals surface area contributed by atoms with E-state index < -0.39 is 35.4 Å². The number of carbonyl (C=O) groups is 3. The number of methoxy groups -OCH3 is 1. The van der Waals surface area contributed by atoms with Gasteiger partial charge in [0.2, 0.25) is 5.91 Å². The van der Waals surface area contributed by atoms with Crippen LogP contribution in [-0.4, -0.2) is 55.3 Å². The third kappa shape index (κ3) is 10.5. The van der Waals surface area contributed by atoms with Crippen molar-refractivity contribution in [1.29, 1.82) is 0 Å². The Hall–Kier alpha value is -2.67. The van der Waals surface area contributed by atoms with E-state index in [1.807, 2.05) is 44.2 Å². The van der Waals surface area contributed by atoms with Gasteiger partial charge < -0.3 is 14.2 Å². The summed E-state index contributed by atoms with van der Waals surface area (Å²) < 4.78 is 15.9. The highest BCUT2D eigenvalue weighted by Gasteiger charge is 2.40. The highest BCUT2D eigenvalue weighted by molar-refractivity contribution is 5.95. The van der Waals surface area contributed by atoms with Gasteiger partial charge in [0.1, 0.15) is 12.2 Å². The summed E-state index contributed by atoms with van der Waals surface area (Å²) in [5.41, 5.74) is 0.286. The molecule has 7 nitrogen and oxygen atoms in total. The second-order valence-corrected chi connectivity index (χ2v) is 9.73. The first kappa shape index (κ1) is 29.4. The molecule has 0 bridgehead atoms. The number of hydrogen-bond acceptors (Lipinski definition) is 6. The van der Waals surface area contributed by atoms with E-state index in [1.165, 1.54) is 7.11 Å². The lowest BCUT2D eigenvalue weighted by Gasteiger charge is -2.32. The maximum Gasteiger partial charge on any atom is 0.416 e. The van der Waals surface area contributed by atoms with Crippen molar-refractivity contribution in [2.75, 3.05) is 26.9 Å². The Morgan fingerprint density at radius 3 is 2.24 bits per heavy atom. The first-order valence-corrected chi connectivity index (χ1v) is 11.8. The topological polar surface area (TPSA) is 82.1 Å². The lowest BCUT2D eigenvalue weighted by atomic mass is 9.82. The van der Waals surface area contributed by atoms with Crippen LogP contribution in [0, 0.1) is 17.8 Å². The number of ether oxygens (including phenoxy) is 3. The normalized spacial score (nSPS) is 13.1. The minimum Gasteiger partial charge on any atom is -0.460 e. The van der Waals surface area contributed by atoms with Crippen molar-refractivity contribution in [1.82, 2.24) is 4.90 Å². The van der Waals surface area contributed by atoms with Crippen molar-refractivity contribution in [3.63, 3.8) is 0 Å². The highest BCUT2D eigenvalue weighted by Crippen LogP contribution is 2.29. The van der Waals surface area contributed by atoms with Crippen LogP contribution in [0.5, 0.6) is 0 Å². The average molecular weight is 476 g/mol. The Kier molecular flexibility index (Phi) is 12.6. The largest absolute Gasteiger partial charge is 0.460 e. The summed E-state index contributed by atoms with van der Waals surface area (Å²) in [6.45, 7) is 13.5. The summed E-state index contributed by atoms with van der Waals surface area (Å²) in [7, 11) is 1.51. The Morgan fingerprint density at radius 2 is 1.71 bits per heavy atom. The molecule has 0 aromatic heterocycles. The minimum atomic E-state index is -0.752. The van der Waals surface area contributed by atoms with Gasteiger partial charge in [0.15, 0.2) is 0 Å². The van der Waals surface area contributed by atoms with Gasteiger partial charge in [-0.2, -0.15) is 0 Å². The summed E-state index contributed by atoms with van der Waals surface area (Å²) in [6.07, 6.45) is 2.03. The van der Waals surface area contributed by atoms with Gasteiger partial charge in [-0.3, -0.25) is 9.59 Å². The fraction of sp³-hybridized carbons (Fsp3) is 0.593. The SMILES string of the molecule is C=CC[C@H](C(=O)OC(C)(C)C)[C@@H](CC(C)C)C(=O)N(CCc1ccccc1)C(=O)OCCOC. The van der Waals surface area contributed by atoms with Crippen molar-refractivity contribution in [3.05, 3.63) is 48.6 Å². The number of esters is 1. The van der Waals surface area contributed by atoms with Gasteiger partial charge in [-0.15, -0.1) is 6.58 Å². The Morgan fingerprint density at radius 1 is 1.06 bits per heavy atom. The van der Waals surface area contributed by atoms with Crippen LogP contribution in [0.3, 0.4) is 0 Å². The number of hydrogen-bond donors (Lipinski definition) is 0. The van der Waals surface area contributed by atoms with E-state index in [0.29, 0.717) is 12.8 Å². The van der Waals surface area contributed by atoms with Crippen LogP contribution in [0.4, 0.5) is 4.79 Å².